The summed E-state index contributed by atoms with van der Waals surface area (Å²) >= 11 is 17.7. The fourth-order valence-electron chi connectivity index (χ4n) is 2.33. The van der Waals surface area contributed by atoms with Gasteiger partial charge in [0.25, 0.3) is 0 Å². The van der Waals surface area contributed by atoms with Crippen molar-refractivity contribution in [3.63, 3.8) is 0 Å². The number of imidazole rings is 1. The number of para-hydroxylation sites is 1. The first-order chi connectivity index (χ1) is 10.5. The Balaban J connectivity index is 2.48. The zero-order chi connectivity index (χ0) is 16.3. The number of anilines is 1. The fraction of sp³-hybridized carbons (Fsp3) is 0.333. The lowest BCUT2D eigenvalue weighted by atomic mass is 10.0. The lowest BCUT2D eigenvalue weighted by Gasteiger charge is -2.27. The number of hydrogen-bond donors (Lipinski definition) is 0. The molecular weight excluding hydrogens is 345 g/mol. The quantitative estimate of drug-likeness (QED) is 0.746. The first kappa shape index (κ1) is 17.1. The minimum atomic E-state index is -0.202. The molecule has 22 heavy (non-hydrogen) atoms. The van der Waals surface area contributed by atoms with Gasteiger partial charge in [-0.15, -0.1) is 11.6 Å². The molecular formula is C15H16Cl3N3O. The summed E-state index contributed by atoms with van der Waals surface area (Å²) in [6.45, 7) is 4.22. The Morgan fingerprint density at radius 2 is 2.09 bits per heavy atom. The number of halogens is 3. The molecule has 0 aliphatic heterocycles. The van der Waals surface area contributed by atoms with Gasteiger partial charge >= 0.3 is 0 Å². The predicted octanol–water partition coefficient (Wildman–Crippen LogP) is 4.29. The molecule has 0 saturated heterocycles. The average Bonchev–Trinajstić information content (AvgIpc) is 2.83. The Morgan fingerprint density at radius 3 is 2.64 bits per heavy atom. The number of aromatic nitrogens is 2. The number of aryl methyl sites for hydroxylation is 2. The molecule has 7 heteroatoms. The zero-order valence-electron chi connectivity index (χ0n) is 12.3. The number of hydrogen-bond acceptors (Lipinski definition) is 2. The van der Waals surface area contributed by atoms with Gasteiger partial charge in [0.05, 0.1) is 12.0 Å². The van der Waals surface area contributed by atoms with E-state index in [0.29, 0.717) is 5.15 Å². The standard InChI is InChI=1S/C15H16Cl3N3O/c1-3-11-6-4-5-10(2)13(11)21(12(22)7-16)9-20-8-19-14(17)15(20)18/h4-6,8H,3,7,9H2,1-2H3. The Labute approximate surface area is 144 Å². The number of nitrogens with zero attached hydrogens (tertiary/aromatic N) is 3. The van der Waals surface area contributed by atoms with Crippen LogP contribution in [0.4, 0.5) is 5.69 Å². The highest BCUT2D eigenvalue weighted by molar-refractivity contribution is 6.40. The lowest BCUT2D eigenvalue weighted by molar-refractivity contribution is -0.116. The summed E-state index contributed by atoms with van der Waals surface area (Å²) in [5, 5.41) is 0.501. The summed E-state index contributed by atoms with van der Waals surface area (Å²) in [7, 11) is 0. The van der Waals surface area contributed by atoms with Crippen LogP contribution in [0.3, 0.4) is 0 Å². The van der Waals surface area contributed by atoms with E-state index in [1.54, 1.807) is 9.47 Å². The number of benzene rings is 1. The van der Waals surface area contributed by atoms with Crippen LogP contribution >= 0.6 is 34.8 Å². The second-order valence-electron chi connectivity index (χ2n) is 4.83. The van der Waals surface area contributed by atoms with Crippen molar-refractivity contribution in [2.45, 2.75) is 26.9 Å². The van der Waals surface area contributed by atoms with Crippen LogP contribution in [-0.2, 0) is 17.9 Å². The van der Waals surface area contributed by atoms with Crippen molar-refractivity contribution < 1.29 is 4.79 Å². The van der Waals surface area contributed by atoms with Crippen molar-refractivity contribution in [2.24, 2.45) is 0 Å². The number of carbonyl (C=O) groups is 1. The highest BCUT2D eigenvalue weighted by Gasteiger charge is 2.21. The average molecular weight is 361 g/mol. The third-order valence-corrected chi connectivity index (χ3v) is 4.41. The molecule has 1 heterocycles. The summed E-state index contributed by atoms with van der Waals surface area (Å²) in [6, 6.07) is 5.94. The van der Waals surface area contributed by atoms with Crippen LogP contribution in [-0.4, -0.2) is 21.3 Å². The molecule has 1 amide bonds. The number of rotatable bonds is 5. The smallest absolute Gasteiger partial charge is 0.243 e. The van der Waals surface area contributed by atoms with E-state index >= 15 is 0 Å². The molecule has 0 fully saturated rings. The molecule has 0 bridgehead atoms. The number of alkyl halides is 1. The van der Waals surface area contributed by atoms with Crippen LogP contribution in [0.2, 0.25) is 10.3 Å². The summed E-state index contributed by atoms with van der Waals surface area (Å²) < 4.78 is 1.61. The van der Waals surface area contributed by atoms with Crippen LogP contribution in [0.5, 0.6) is 0 Å². The molecule has 2 rings (SSSR count). The summed E-state index contributed by atoms with van der Waals surface area (Å²) in [5.41, 5.74) is 2.93. The molecule has 4 nitrogen and oxygen atoms in total. The molecule has 118 valence electrons. The van der Waals surface area contributed by atoms with Crippen molar-refractivity contribution in [3.8, 4) is 0 Å². The summed E-state index contributed by atoms with van der Waals surface area (Å²) in [4.78, 5) is 17.9. The van der Waals surface area contributed by atoms with Crippen molar-refractivity contribution in [3.05, 3.63) is 46.0 Å². The summed E-state index contributed by atoms with van der Waals surface area (Å²) in [5.74, 6) is -0.316. The number of carbonyl (C=O) groups excluding carboxylic acids is 1. The first-order valence-electron chi connectivity index (χ1n) is 6.80. The Kier molecular flexibility index (Phi) is 5.73. The topological polar surface area (TPSA) is 38.1 Å². The van der Waals surface area contributed by atoms with Crippen molar-refractivity contribution in [1.29, 1.82) is 0 Å². The number of amides is 1. The maximum atomic E-state index is 12.3. The minimum Gasteiger partial charge on any atom is -0.301 e. The third-order valence-electron chi connectivity index (χ3n) is 3.41. The van der Waals surface area contributed by atoms with Gasteiger partial charge in [-0.25, -0.2) is 4.98 Å². The van der Waals surface area contributed by atoms with Crippen molar-refractivity contribution in [2.75, 3.05) is 10.8 Å². The Morgan fingerprint density at radius 1 is 1.36 bits per heavy atom. The molecule has 0 atom stereocenters. The van der Waals surface area contributed by atoms with Crippen LogP contribution < -0.4 is 4.90 Å². The van der Waals surface area contributed by atoms with Gasteiger partial charge in [-0.3, -0.25) is 9.69 Å². The molecule has 1 aromatic carbocycles. The van der Waals surface area contributed by atoms with Crippen LogP contribution in [0.15, 0.2) is 24.5 Å². The molecule has 1 aromatic heterocycles. The molecule has 0 N–H and O–H groups in total. The van der Waals surface area contributed by atoms with Crippen molar-refractivity contribution >= 4 is 46.4 Å². The van der Waals surface area contributed by atoms with Gasteiger partial charge in [-0.05, 0) is 24.5 Å². The predicted molar refractivity (Wildman–Crippen MR) is 91.0 cm³/mol. The second kappa shape index (κ2) is 7.36. The van der Waals surface area contributed by atoms with E-state index in [1.165, 1.54) is 6.33 Å². The molecule has 0 saturated carbocycles. The van der Waals surface area contributed by atoms with Crippen molar-refractivity contribution in [1.82, 2.24) is 9.55 Å². The van der Waals surface area contributed by atoms with Gasteiger partial charge in [-0.1, -0.05) is 48.3 Å². The van der Waals surface area contributed by atoms with Crippen LogP contribution in [0.1, 0.15) is 18.1 Å². The third kappa shape index (κ3) is 3.40. The lowest BCUT2D eigenvalue weighted by Crippen LogP contribution is -2.35. The highest BCUT2D eigenvalue weighted by Crippen LogP contribution is 2.28. The SMILES string of the molecule is CCc1cccc(C)c1N(Cn1cnc(Cl)c1Cl)C(=O)CCl. The molecule has 0 radical (unpaired) electrons. The van der Waals surface area contributed by atoms with E-state index in [9.17, 15) is 4.79 Å². The normalized spacial score (nSPS) is 10.8. The van der Waals surface area contributed by atoms with Crippen LogP contribution in [0.25, 0.3) is 0 Å². The van der Waals surface area contributed by atoms with Gasteiger partial charge in [0.15, 0.2) is 5.15 Å². The van der Waals surface area contributed by atoms with Gasteiger partial charge in [0, 0.05) is 0 Å². The fourth-order valence-corrected chi connectivity index (χ4v) is 2.77. The van der Waals surface area contributed by atoms with E-state index in [4.69, 9.17) is 34.8 Å². The van der Waals surface area contributed by atoms with Gasteiger partial charge in [-0.2, -0.15) is 0 Å². The maximum Gasteiger partial charge on any atom is 0.243 e. The second-order valence-corrected chi connectivity index (χ2v) is 5.81. The van der Waals surface area contributed by atoms with Crippen LogP contribution in [0, 0.1) is 6.92 Å². The monoisotopic (exact) mass is 359 g/mol. The minimum absolute atomic E-state index is 0.114. The van der Waals surface area contributed by atoms with E-state index in [-0.39, 0.29) is 23.6 Å². The molecule has 0 spiro atoms. The zero-order valence-corrected chi connectivity index (χ0v) is 14.6. The van der Waals surface area contributed by atoms with E-state index < -0.39 is 0 Å². The van der Waals surface area contributed by atoms with E-state index in [0.717, 1.165) is 23.2 Å². The maximum absolute atomic E-state index is 12.3. The molecule has 2 aromatic rings. The van der Waals surface area contributed by atoms with Gasteiger partial charge < -0.3 is 4.57 Å². The van der Waals surface area contributed by atoms with Gasteiger partial charge in [0.1, 0.15) is 17.7 Å². The summed E-state index contributed by atoms with van der Waals surface area (Å²) in [6.07, 6.45) is 2.31. The first-order valence-corrected chi connectivity index (χ1v) is 8.09. The Bertz CT molecular complexity index is 685. The molecule has 0 aliphatic carbocycles. The molecule has 0 unspecified atom stereocenters. The largest absolute Gasteiger partial charge is 0.301 e. The Hall–Kier alpha value is -1.23. The highest BCUT2D eigenvalue weighted by atomic mass is 35.5. The molecule has 0 aliphatic rings. The van der Waals surface area contributed by atoms with Gasteiger partial charge in [0.2, 0.25) is 5.91 Å². The van der Waals surface area contributed by atoms with E-state index in [1.807, 2.05) is 32.0 Å². The van der Waals surface area contributed by atoms with E-state index in [2.05, 4.69) is 4.98 Å².